The van der Waals surface area contributed by atoms with Crippen molar-refractivity contribution in [2.45, 2.75) is 45.6 Å². The van der Waals surface area contributed by atoms with Gasteiger partial charge >= 0.3 is 5.92 Å². The SMILES string of the molecule is CCc1ccc(OCC(F)(F)COC(C)(C)C)cn1. The summed E-state index contributed by atoms with van der Waals surface area (Å²) in [6.45, 7) is 5.81. The van der Waals surface area contributed by atoms with Gasteiger partial charge in [0.25, 0.3) is 0 Å². The lowest BCUT2D eigenvalue weighted by atomic mass is 10.2. The number of nitrogens with zero attached hydrogens (tertiary/aromatic N) is 1. The number of hydrogen-bond acceptors (Lipinski definition) is 3. The van der Waals surface area contributed by atoms with Crippen LogP contribution in [0.3, 0.4) is 0 Å². The number of aryl methyl sites for hydroxylation is 1. The van der Waals surface area contributed by atoms with E-state index in [-0.39, 0.29) is 0 Å². The first-order chi connectivity index (χ1) is 8.72. The van der Waals surface area contributed by atoms with E-state index in [1.54, 1.807) is 32.9 Å². The molecule has 3 nitrogen and oxygen atoms in total. The highest BCUT2D eigenvalue weighted by Gasteiger charge is 2.32. The van der Waals surface area contributed by atoms with Crippen LogP contribution in [0.4, 0.5) is 8.78 Å². The molecule has 0 spiro atoms. The molecule has 0 atom stereocenters. The number of hydrogen-bond donors (Lipinski definition) is 0. The molecule has 0 aliphatic rings. The first-order valence-corrected chi connectivity index (χ1v) is 6.31. The average molecular weight is 273 g/mol. The summed E-state index contributed by atoms with van der Waals surface area (Å²) in [7, 11) is 0. The third-order valence-electron chi connectivity index (χ3n) is 2.33. The molecular formula is C14H21F2NO2. The van der Waals surface area contributed by atoms with Crippen LogP contribution in [-0.2, 0) is 11.2 Å². The van der Waals surface area contributed by atoms with Gasteiger partial charge in [-0.15, -0.1) is 0 Å². The molecule has 108 valence electrons. The van der Waals surface area contributed by atoms with Crippen LogP contribution < -0.4 is 4.74 Å². The van der Waals surface area contributed by atoms with Crippen molar-refractivity contribution in [2.75, 3.05) is 13.2 Å². The third-order valence-corrected chi connectivity index (χ3v) is 2.33. The largest absolute Gasteiger partial charge is 0.486 e. The van der Waals surface area contributed by atoms with Crippen LogP contribution in [-0.4, -0.2) is 29.7 Å². The van der Waals surface area contributed by atoms with Gasteiger partial charge in [0.15, 0.2) is 6.61 Å². The second-order valence-corrected chi connectivity index (χ2v) is 5.38. The first-order valence-electron chi connectivity index (χ1n) is 6.31. The number of ether oxygens (including phenoxy) is 2. The molecule has 1 aromatic heterocycles. The summed E-state index contributed by atoms with van der Waals surface area (Å²) in [5.41, 5.74) is 0.309. The predicted octanol–water partition coefficient (Wildman–Crippen LogP) is 3.47. The molecule has 1 aromatic rings. The van der Waals surface area contributed by atoms with Crippen molar-refractivity contribution < 1.29 is 18.3 Å². The van der Waals surface area contributed by atoms with Crippen LogP contribution in [0.25, 0.3) is 0 Å². The fraction of sp³-hybridized carbons (Fsp3) is 0.643. The normalized spacial score (nSPS) is 12.5. The van der Waals surface area contributed by atoms with E-state index in [9.17, 15) is 8.78 Å². The highest BCUT2D eigenvalue weighted by Crippen LogP contribution is 2.20. The fourth-order valence-electron chi connectivity index (χ4n) is 1.26. The maximum atomic E-state index is 13.5. The Bertz CT molecular complexity index is 385. The molecule has 0 aliphatic carbocycles. The molecule has 19 heavy (non-hydrogen) atoms. The van der Waals surface area contributed by atoms with Crippen molar-refractivity contribution in [1.29, 1.82) is 0 Å². The van der Waals surface area contributed by atoms with E-state index in [2.05, 4.69) is 4.98 Å². The highest BCUT2D eigenvalue weighted by molar-refractivity contribution is 5.19. The van der Waals surface area contributed by atoms with Crippen LogP contribution in [0.15, 0.2) is 18.3 Å². The molecule has 0 fully saturated rings. The Morgan fingerprint density at radius 1 is 1.16 bits per heavy atom. The first kappa shape index (κ1) is 15.8. The van der Waals surface area contributed by atoms with Gasteiger partial charge in [-0.3, -0.25) is 4.98 Å². The zero-order valence-corrected chi connectivity index (χ0v) is 11.9. The summed E-state index contributed by atoms with van der Waals surface area (Å²) in [6.07, 6.45) is 2.26. The van der Waals surface area contributed by atoms with Gasteiger partial charge in [-0.05, 0) is 39.3 Å². The van der Waals surface area contributed by atoms with Crippen LogP contribution in [0.5, 0.6) is 5.75 Å². The van der Waals surface area contributed by atoms with E-state index < -0.39 is 24.7 Å². The van der Waals surface area contributed by atoms with Crippen molar-refractivity contribution in [3.63, 3.8) is 0 Å². The standard InChI is InChI=1S/C14H21F2NO2/c1-5-11-6-7-12(8-17-11)18-9-14(15,16)10-19-13(2,3)4/h6-8H,5,9-10H2,1-4H3. The highest BCUT2D eigenvalue weighted by atomic mass is 19.3. The van der Waals surface area contributed by atoms with E-state index in [0.717, 1.165) is 12.1 Å². The maximum absolute atomic E-state index is 13.5. The monoisotopic (exact) mass is 273 g/mol. The molecule has 0 aromatic carbocycles. The Morgan fingerprint density at radius 3 is 2.32 bits per heavy atom. The number of aromatic nitrogens is 1. The van der Waals surface area contributed by atoms with Crippen LogP contribution in [0.1, 0.15) is 33.4 Å². The summed E-state index contributed by atoms with van der Waals surface area (Å²) < 4.78 is 37.1. The van der Waals surface area contributed by atoms with Gasteiger partial charge in [0.05, 0.1) is 11.8 Å². The minimum absolute atomic E-state index is 0.340. The molecule has 0 bridgehead atoms. The molecule has 0 amide bonds. The van der Waals surface area contributed by atoms with Crippen molar-refractivity contribution in [2.24, 2.45) is 0 Å². The van der Waals surface area contributed by atoms with E-state index in [4.69, 9.17) is 9.47 Å². The summed E-state index contributed by atoms with van der Waals surface area (Å²) >= 11 is 0. The lowest BCUT2D eigenvalue weighted by molar-refractivity contribution is -0.137. The summed E-state index contributed by atoms with van der Waals surface area (Å²) in [5.74, 6) is -2.68. The maximum Gasteiger partial charge on any atom is 0.304 e. The molecule has 5 heteroatoms. The second kappa shape index (κ2) is 6.28. The molecule has 0 unspecified atom stereocenters. The Hall–Kier alpha value is -1.23. The minimum Gasteiger partial charge on any atom is -0.486 e. The smallest absolute Gasteiger partial charge is 0.304 e. The molecule has 0 aliphatic heterocycles. The minimum atomic E-state index is -3.02. The topological polar surface area (TPSA) is 31.4 Å². The quantitative estimate of drug-likeness (QED) is 0.795. The average Bonchev–Trinajstić information content (AvgIpc) is 2.34. The van der Waals surface area contributed by atoms with Gasteiger partial charge in [-0.1, -0.05) is 6.92 Å². The molecule has 0 radical (unpaired) electrons. The van der Waals surface area contributed by atoms with E-state index in [1.807, 2.05) is 6.92 Å². The molecule has 1 rings (SSSR count). The number of pyridine rings is 1. The van der Waals surface area contributed by atoms with Crippen LogP contribution in [0, 0.1) is 0 Å². The molecule has 0 saturated carbocycles. The van der Waals surface area contributed by atoms with Gasteiger partial charge in [0.2, 0.25) is 0 Å². The fourth-order valence-corrected chi connectivity index (χ4v) is 1.26. The van der Waals surface area contributed by atoms with E-state index >= 15 is 0 Å². The molecular weight excluding hydrogens is 252 g/mol. The lowest BCUT2D eigenvalue weighted by Crippen LogP contribution is -2.35. The number of alkyl halides is 2. The summed E-state index contributed by atoms with van der Waals surface area (Å²) in [5, 5.41) is 0. The van der Waals surface area contributed by atoms with E-state index in [1.165, 1.54) is 6.20 Å². The lowest BCUT2D eigenvalue weighted by Gasteiger charge is -2.24. The Balaban J connectivity index is 2.45. The summed E-state index contributed by atoms with van der Waals surface area (Å²) in [4.78, 5) is 4.08. The van der Waals surface area contributed by atoms with Gasteiger partial charge < -0.3 is 9.47 Å². The zero-order chi connectivity index (χ0) is 14.5. The molecule has 1 heterocycles. The Labute approximate surface area is 112 Å². The summed E-state index contributed by atoms with van der Waals surface area (Å²) in [6, 6.07) is 3.41. The van der Waals surface area contributed by atoms with Gasteiger partial charge in [-0.2, -0.15) is 0 Å². The van der Waals surface area contributed by atoms with Crippen molar-refractivity contribution in [1.82, 2.24) is 4.98 Å². The number of rotatable bonds is 6. The van der Waals surface area contributed by atoms with Gasteiger partial charge in [0, 0.05) is 5.69 Å². The Morgan fingerprint density at radius 2 is 1.84 bits per heavy atom. The predicted molar refractivity (Wildman–Crippen MR) is 69.8 cm³/mol. The third kappa shape index (κ3) is 6.47. The number of halogens is 2. The van der Waals surface area contributed by atoms with Gasteiger partial charge in [0.1, 0.15) is 12.4 Å². The van der Waals surface area contributed by atoms with Crippen LogP contribution >= 0.6 is 0 Å². The second-order valence-electron chi connectivity index (χ2n) is 5.38. The van der Waals surface area contributed by atoms with Crippen molar-refractivity contribution >= 4 is 0 Å². The van der Waals surface area contributed by atoms with Crippen molar-refractivity contribution in [3.05, 3.63) is 24.0 Å². The molecule has 0 saturated heterocycles. The van der Waals surface area contributed by atoms with Crippen LogP contribution in [0.2, 0.25) is 0 Å². The Kier molecular flexibility index (Phi) is 5.23. The van der Waals surface area contributed by atoms with Crippen molar-refractivity contribution in [3.8, 4) is 5.75 Å². The molecule has 0 N–H and O–H groups in total. The van der Waals surface area contributed by atoms with E-state index in [0.29, 0.717) is 5.75 Å². The van der Waals surface area contributed by atoms with Gasteiger partial charge in [-0.25, -0.2) is 8.78 Å². The zero-order valence-electron chi connectivity index (χ0n) is 11.9.